The molecule has 0 atom stereocenters. The van der Waals surface area contributed by atoms with E-state index in [-0.39, 0.29) is 24.5 Å². The van der Waals surface area contributed by atoms with Gasteiger partial charge in [0, 0.05) is 12.3 Å². The van der Waals surface area contributed by atoms with Crippen LogP contribution in [0.2, 0.25) is 0 Å². The van der Waals surface area contributed by atoms with Crippen LogP contribution in [0.25, 0.3) is 10.9 Å². The molecule has 0 aliphatic carbocycles. The van der Waals surface area contributed by atoms with Gasteiger partial charge in [0.05, 0.1) is 23.7 Å². The number of ether oxygens (including phenoxy) is 1. The summed E-state index contributed by atoms with van der Waals surface area (Å²) in [6.45, 7) is 2.77. The first-order valence-electron chi connectivity index (χ1n) is 6.90. The highest BCUT2D eigenvalue weighted by molar-refractivity contribution is 7.99. The Balaban J connectivity index is 1.93. The van der Waals surface area contributed by atoms with Gasteiger partial charge in [0.1, 0.15) is 6.61 Å². The minimum absolute atomic E-state index is 0.130. The fraction of sp³-hybridized carbons (Fsp3) is 0.400. The molecule has 0 aliphatic heterocycles. The largest absolute Gasteiger partial charge is 0.465 e. The minimum Gasteiger partial charge on any atom is -0.465 e. The van der Waals surface area contributed by atoms with Gasteiger partial charge in [0.25, 0.3) is 5.56 Å². The van der Waals surface area contributed by atoms with Crippen molar-refractivity contribution in [1.29, 1.82) is 0 Å². The van der Waals surface area contributed by atoms with E-state index in [2.05, 4.69) is 11.9 Å². The van der Waals surface area contributed by atoms with Gasteiger partial charge in [0.2, 0.25) is 0 Å². The summed E-state index contributed by atoms with van der Waals surface area (Å²) in [5, 5.41) is 0.563. The second-order valence-electron chi connectivity index (χ2n) is 4.43. The second-order valence-corrected chi connectivity index (χ2v) is 5.82. The molecular weight excluding hydrogens is 288 g/mol. The second kappa shape index (κ2) is 7.83. The molecule has 1 aromatic carbocycles. The summed E-state index contributed by atoms with van der Waals surface area (Å²) >= 11 is 1.73. The lowest BCUT2D eigenvalue weighted by atomic mass is 10.2. The van der Waals surface area contributed by atoms with Gasteiger partial charge in [-0.3, -0.25) is 14.2 Å². The molecule has 0 bridgehead atoms. The molecule has 0 radical (unpaired) electrons. The van der Waals surface area contributed by atoms with Gasteiger partial charge >= 0.3 is 5.97 Å². The van der Waals surface area contributed by atoms with Gasteiger partial charge in [-0.05, 0) is 17.9 Å². The third kappa shape index (κ3) is 4.32. The van der Waals surface area contributed by atoms with Crippen molar-refractivity contribution in [2.75, 3.05) is 18.1 Å². The number of carbonyl (C=O) groups is 1. The summed E-state index contributed by atoms with van der Waals surface area (Å²) in [5.41, 5.74) is 0.535. The zero-order valence-electron chi connectivity index (χ0n) is 11.9. The number of aryl methyl sites for hydroxylation is 1. The van der Waals surface area contributed by atoms with Gasteiger partial charge in [-0.2, -0.15) is 11.8 Å². The highest BCUT2D eigenvalue weighted by atomic mass is 32.2. The topological polar surface area (TPSA) is 61.2 Å². The van der Waals surface area contributed by atoms with Crippen molar-refractivity contribution in [1.82, 2.24) is 9.55 Å². The van der Waals surface area contributed by atoms with Crippen LogP contribution in [0.4, 0.5) is 0 Å². The van der Waals surface area contributed by atoms with Crippen LogP contribution in [0, 0.1) is 0 Å². The van der Waals surface area contributed by atoms with Gasteiger partial charge in [0.15, 0.2) is 0 Å². The average molecular weight is 306 g/mol. The Morgan fingerprint density at radius 2 is 2.19 bits per heavy atom. The summed E-state index contributed by atoms with van der Waals surface area (Å²) in [5.74, 6) is 1.53. The first kappa shape index (κ1) is 15.6. The number of hydrogen-bond acceptors (Lipinski definition) is 5. The Labute approximate surface area is 127 Å². The number of nitrogens with zero attached hydrogens (tertiary/aromatic N) is 2. The number of fused-ring (bicyclic) bond motifs is 1. The maximum Gasteiger partial charge on any atom is 0.307 e. The highest BCUT2D eigenvalue weighted by Crippen LogP contribution is 2.05. The van der Waals surface area contributed by atoms with Gasteiger partial charge < -0.3 is 4.74 Å². The van der Waals surface area contributed by atoms with Crippen LogP contribution in [0.5, 0.6) is 0 Å². The lowest BCUT2D eigenvalue weighted by Gasteiger charge is -2.07. The van der Waals surface area contributed by atoms with Crippen molar-refractivity contribution in [2.45, 2.75) is 19.9 Å². The Morgan fingerprint density at radius 3 is 3.00 bits per heavy atom. The molecule has 112 valence electrons. The van der Waals surface area contributed by atoms with Crippen LogP contribution in [-0.2, 0) is 16.1 Å². The van der Waals surface area contributed by atoms with Crippen LogP contribution in [0.15, 0.2) is 35.4 Å². The van der Waals surface area contributed by atoms with Crippen molar-refractivity contribution < 1.29 is 9.53 Å². The molecule has 2 rings (SSSR count). The molecule has 0 spiro atoms. The van der Waals surface area contributed by atoms with Crippen LogP contribution in [-0.4, -0.2) is 33.6 Å². The van der Waals surface area contributed by atoms with Crippen LogP contribution < -0.4 is 5.56 Å². The van der Waals surface area contributed by atoms with Gasteiger partial charge in [-0.25, -0.2) is 4.98 Å². The first-order valence-corrected chi connectivity index (χ1v) is 8.05. The number of para-hydroxylation sites is 1. The predicted octanol–water partition coefficient (Wildman–Crippen LogP) is 2.08. The van der Waals surface area contributed by atoms with E-state index in [1.165, 1.54) is 10.9 Å². The van der Waals surface area contributed by atoms with E-state index in [0.29, 0.717) is 17.5 Å². The first-order chi connectivity index (χ1) is 10.2. The average Bonchev–Trinajstić information content (AvgIpc) is 2.51. The molecule has 6 heteroatoms. The Morgan fingerprint density at radius 1 is 1.38 bits per heavy atom. The maximum atomic E-state index is 12.2. The van der Waals surface area contributed by atoms with E-state index in [1.54, 1.807) is 30.0 Å². The molecule has 0 fully saturated rings. The Kier molecular flexibility index (Phi) is 5.80. The summed E-state index contributed by atoms with van der Waals surface area (Å²) in [7, 11) is 0. The SMILES string of the molecule is CCSCCOC(=O)CCn1cnc2ccccc2c1=O. The Bertz CT molecular complexity index is 669. The third-order valence-electron chi connectivity index (χ3n) is 2.98. The highest BCUT2D eigenvalue weighted by Gasteiger charge is 2.07. The van der Waals surface area contributed by atoms with Crippen molar-refractivity contribution in [3.8, 4) is 0 Å². The van der Waals surface area contributed by atoms with Crippen molar-refractivity contribution >= 4 is 28.6 Å². The van der Waals surface area contributed by atoms with Crippen molar-refractivity contribution in [3.63, 3.8) is 0 Å². The molecule has 0 N–H and O–H groups in total. The van der Waals surface area contributed by atoms with E-state index < -0.39 is 0 Å². The number of hydrogen-bond donors (Lipinski definition) is 0. The lowest BCUT2D eigenvalue weighted by molar-refractivity contribution is -0.143. The molecule has 0 aliphatic rings. The number of rotatable bonds is 7. The van der Waals surface area contributed by atoms with E-state index in [9.17, 15) is 9.59 Å². The fourth-order valence-electron chi connectivity index (χ4n) is 1.91. The number of aromatic nitrogens is 2. The molecule has 2 aromatic rings. The van der Waals surface area contributed by atoms with Crippen LogP contribution >= 0.6 is 11.8 Å². The van der Waals surface area contributed by atoms with Crippen LogP contribution in [0.1, 0.15) is 13.3 Å². The molecule has 0 unspecified atom stereocenters. The summed E-state index contributed by atoms with van der Waals surface area (Å²) in [6.07, 6.45) is 1.65. The molecule has 0 saturated carbocycles. The molecule has 0 saturated heterocycles. The summed E-state index contributed by atoms with van der Waals surface area (Å²) in [4.78, 5) is 28.0. The van der Waals surface area contributed by atoms with Gasteiger partial charge in [-0.15, -0.1) is 0 Å². The van der Waals surface area contributed by atoms with Crippen molar-refractivity contribution in [3.05, 3.63) is 40.9 Å². The zero-order chi connectivity index (χ0) is 15.1. The van der Waals surface area contributed by atoms with E-state index in [0.717, 1.165) is 11.5 Å². The van der Waals surface area contributed by atoms with E-state index in [4.69, 9.17) is 4.74 Å². The van der Waals surface area contributed by atoms with Crippen LogP contribution in [0.3, 0.4) is 0 Å². The minimum atomic E-state index is -0.285. The number of carbonyl (C=O) groups excluding carboxylic acids is 1. The number of thioether (sulfide) groups is 1. The molecule has 0 amide bonds. The molecule has 5 nitrogen and oxygen atoms in total. The number of benzene rings is 1. The van der Waals surface area contributed by atoms with Crippen molar-refractivity contribution in [2.24, 2.45) is 0 Å². The monoisotopic (exact) mass is 306 g/mol. The van der Waals surface area contributed by atoms with E-state index in [1.807, 2.05) is 6.07 Å². The molecule has 1 aromatic heterocycles. The predicted molar refractivity (Wildman–Crippen MR) is 84.6 cm³/mol. The molecule has 1 heterocycles. The molecular formula is C15H18N2O3S. The number of esters is 1. The summed E-state index contributed by atoms with van der Waals surface area (Å²) < 4.78 is 6.55. The summed E-state index contributed by atoms with van der Waals surface area (Å²) in [6, 6.07) is 7.17. The maximum absolute atomic E-state index is 12.2. The standard InChI is InChI=1S/C15H18N2O3S/c1-2-21-10-9-20-14(18)7-8-17-11-16-13-6-4-3-5-12(13)15(17)19/h3-6,11H,2,7-10H2,1H3. The third-order valence-corrected chi connectivity index (χ3v) is 3.85. The zero-order valence-corrected chi connectivity index (χ0v) is 12.8. The quantitative estimate of drug-likeness (QED) is 0.579. The smallest absolute Gasteiger partial charge is 0.307 e. The van der Waals surface area contributed by atoms with E-state index >= 15 is 0 Å². The normalized spacial score (nSPS) is 10.7. The lowest BCUT2D eigenvalue weighted by Crippen LogP contribution is -2.22. The Hall–Kier alpha value is -1.82. The van der Waals surface area contributed by atoms with Gasteiger partial charge in [-0.1, -0.05) is 19.1 Å². The fourth-order valence-corrected chi connectivity index (χ4v) is 2.40. The molecule has 21 heavy (non-hydrogen) atoms.